The van der Waals surface area contributed by atoms with E-state index < -0.39 is 10.0 Å². The molecule has 0 aromatic carbocycles. The summed E-state index contributed by atoms with van der Waals surface area (Å²) in [6.45, 7) is 3.59. The third-order valence-corrected chi connectivity index (χ3v) is 9.95. The van der Waals surface area contributed by atoms with Crippen molar-refractivity contribution in [1.29, 1.82) is 0 Å². The number of carbonyl (C=O) groups excluding carboxylic acids is 1. The van der Waals surface area contributed by atoms with Crippen LogP contribution in [0.25, 0.3) is 0 Å². The summed E-state index contributed by atoms with van der Waals surface area (Å²) >= 11 is 0. The van der Waals surface area contributed by atoms with Crippen LogP contribution in [-0.2, 0) is 42.7 Å². The van der Waals surface area contributed by atoms with Gasteiger partial charge < -0.3 is 24.3 Å². The number of ether oxygens (including phenoxy) is 2. The van der Waals surface area contributed by atoms with Gasteiger partial charge in [-0.2, -0.15) is 5.10 Å². The van der Waals surface area contributed by atoms with Crippen molar-refractivity contribution in [3.8, 4) is 0 Å². The van der Waals surface area contributed by atoms with Gasteiger partial charge in [0.25, 0.3) is 5.91 Å². The Morgan fingerprint density at radius 3 is 2.76 bits per heavy atom. The van der Waals surface area contributed by atoms with Crippen LogP contribution in [0.1, 0.15) is 57.7 Å². The lowest BCUT2D eigenvalue weighted by Gasteiger charge is -2.24. The van der Waals surface area contributed by atoms with Crippen molar-refractivity contribution >= 4 is 21.8 Å². The van der Waals surface area contributed by atoms with Crippen molar-refractivity contribution in [3.63, 3.8) is 0 Å². The highest BCUT2D eigenvalue weighted by atomic mass is 32.3. The second-order valence-electron chi connectivity index (χ2n) is 12.7. The van der Waals surface area contributed by atoms with Crippen LogP contribution in [0, 0.1) is 11.8 Å². The molecule has 3 aromatic rings. The van der Waals surface area contributed by atoms with Crippen molar-refractivity contribution in [1.82, 2.24) is 29.6 Å². The first-order valence-electron chi connectivity index (χ1n) is 14.5. The fourth-order valence-corrected chi connectivity index (χ4v) is 6.66. The summed E-state index contributed by atoms with van der Waals surface area (Å²) in [6.07, 6.45) is 12.4. The summed E-state index contributed by atoms with van der Waals surface area (Å²) in [4.78, 5) is 25.3. The Morgan fingerprint density at radius 2 is 2.00 bits per heavy atom. The van der Waals surface area contributed by atoms with E-state index in [2.05, 4.69) is 46.1 Å². The topological polar surface area (TPSA) is 99.3 Å². The molecule has 2 fully saturated rings. The number of pyridine rings is 1. The third kappa shape index (κ3) is 6.32. The minimum Gasteiger partial charge on any atom is -0.378 e. The molecule has 3 aliphatic rings. The molecule has 11 heteroatoms. The molecule has 1 N–H and O–H groups in total. The van der Waals surface area contributed by atoms with E-state index in [-0.39, 0.29) is 11.9 Å². The average molecular weight is 582 g/mol. The first-order chi connectivity index (χ1) is 19.7. The van der Waals surface area contributed by atoms with E-state index in [1.807, 2.05) is 28.7 Å². The highest BCUT2D eigenvalue weighted by molar-refractivity contribution is 8.32. The number of nitrogens with one attached hydrogen (secondary N) is 1. The summed E-state index contributed by atoms with van der Waals surface area (Å²) in [7, 11) is 3.05. The standard InChI is InChI=1S/C30H43N7O3S/c1-35-18-31-29-24(7-8-27(29)35)33-30(38)25-14-23(37(34-25)19-40-10-11-41(3,4)5)13-20-6-9-28(32-26(20)17-39-2)36-15-21-12-22(21)16-36/h6,9,14,18,21-22,24H,7-8,10-13,15-17,19H2,1-5H3,(H,33,38)/t21?,22?,24-/m1/s1. The van der Waals surface area contributed by atoms with E-state index in [1.54, 1.807) is 7.11 Å². The van der Waals surface area contributed by atoms with Gasteiger partial charge in [-0.25, -0.2) is 24.7 Å². The van der Waals surface area contributed by atoms with Gasteiger partial charge in [0.15, 0.2) is 5.69 Å². The number of methoxy groups -OCH3 is 1. The van der Waals surface area contributed by atoms with Gasteiger partial charge in [-0.3, -0.25) is 4.79 Å². The lowest BCUT2D eigenvalue weighted by Crippen LogP contribution is -2.28. The van der Waals surface area contributed by atoms with Crippen LogP contribution in [-0.4, -0.2) is 81.5 Å². The Balaban J connectivity index is 1.21. The maximum Gasteiger partial charge on any atom is 0.272 e. The lowest BCUT2D eigenvalue weighted by molar-refractivity contribution is 0.0779. The highest BCUT2D eigenvalue weighted by Gasteiger charge is 2.45. The molecule has 222 valence electrons. The number of rotatable bonds is 12. The molecule has 3 atom stereocenters. The zero-order valence-corrected chi connectivity index (χ0v) is 25.7. The van der Waals surface area contributed by atoms with Crippen LogP contribution < -0.4 is 10.2 Å². The highest BCUT2D eigenvalue weighted by Crippen LogP contribution is 2.46. The van der Waals surface area contributed by atoms with Crippen LogP contribution in [0.4, 0.5) is 5.82 Å². The molecular weight excluding hydrogens is 538 g/mol. The summed E-state index contributed by atoms with van der Waals surface area (Å²) in [5.74, 6) is 3.54. The molecule has 0 spiro atoms. The molecule has 1 saturated heterocycles. The minimum atomic E-state index is -0.658. The molecule has 1 saturated carbocycles. The van der Waals surface area contributed by atoms with Gasteiger partial charge in [0.2, 0.25) is 0 Å². The molecule has 4 heterocycles. The first kappa shape index (κ1) is 28.2. The van der Waals surface area contributed by atoms with Crippen molar-refractivity contribution in [2.45, 2.75) is 45.1 Å². The van der Waals surface area contributed by atoms with Crippen LogP contribution in [0.2, 0.25) is 0 Å². The van der Waals surface area contributed by atoms with Gasteiger partial charge in [-0.15, -0.1) is 0 Å². The van der Waals surface area contributed by atoms with E-state index in [0.29, 0.717) is 32.1 Å². The Hall–Kier alpha value is -2.89. The Morgan fingerprint density at radius 1 is 1.20 bits per heavy atom. The van der Waals surface area contributed by atoms with Crippen molar-refractivity contribution in [3.05, 3.63) is 58.6 Å². The molecule has 1 aliphatic heterocycles. The van der Waals surface area contributed by atoms with Crippen LogP contribution in [0.3, 0.4) is 0 Å². The van der Waals surface area contributed by atoms with Crippen LogP contribution in [0.15, 0.2) is 24.5 Å². The number of piperidine rings is 1. The third-order valence-electron chi connectivity index (χ3n) is 8.56. The maximum atomic E-state index is 13.4. The van der Waals surface area contributed by atoms with Gasteiger partial charge in [-0.05, 0) is 67.6 Å². The zero-order valence-electron chi connectivity index (χ0n) is 24.9. The fraction of sp³-hybridized carbons (Fsp3) is 0.600. The van der Waals surface area contributed by atoms with Crippen molar-refractivity contribution in [2.75, 3.05) is 56.2 Å². The smallest absolute Gasteiger partial charge is 0.272 e. The van der Waals surface area contributed by atoms with Crippen LogP contribution in [0.5, 0.6) is 0 Å². The molecule has 3 aromatic heterocycles. The van der Waals surface area contributed by atoms with Gasteiger partial charge in [0, 0.05) is 50.8 Å². The zero-order chi connectivity index (χ0) is 28.7. The van der Waals surface area contributed by atoms with Gasteiger partial charge in [0.1, 0.15) is 12.5 Å². The molecule has 0 bridgehead atoms. The Bertz CT molecular complexity index is 1400. The number of hydrogen-bond acceptors (Lipinski definition) is 7. The number of amides is 1. The predicted octanol–water partition coefficient (Wildman–Crippen LogP) is 3.29. The molecule has 2 unspecified atom stereocenters. The Labute approximate surface area is 244 Å². The molecular formula is C30H43N7O3S. The van der Waals surface area contributed by atoms with Crippen molar-refractivity contribution < 1.29 is 14.3 Å². The second-order valence-corrected chi connectivity index (χ2v) is 17.2. The number of aromatic nitrogens is 5. The van der Waals surface area contributed by atoms with Crippen LogP contribution >= 0.6 is 10.0 Å². The number of carbonyl (C=O) groups is 1. The molecule has 41 heavy (non-hydrogen) atoms. The number of hydrogen-bond donors (Lipinski definition) is 1. The molecule has 10 nitrogen and oxygen atoms in total. The van der Waals surface area contributed by atoms with Gasteiger partial charge in [-0.1, -0.05) is 6.07 Å². The van der Waals surface area contributed by atoms with Crippen molar-refractivity contribution in [2.24, 2.45) is 18.9 Å². The monoisotopic (exact) mass is 581 g/mol. The lowest BCUT2D eigenvalue weighted by atomic mass is 10.1. The summed E-state index contributed by atoms with van der Waals surface area (Å²) < 4.78 is 15.5. The normalized spacial score (nSPS) is 21.7. The fourth-order valence-electron chi connectivity index (χ4n) is 6.04. The molecule has 1 amide bonds. The minimum absolute atomic E-state index is 0.0972. The predicted molar refractivity (Wildman–Crippen MR) is 162 cm³/mol. The largest absolute Gasteiger partial charge is 0.378 e. The van der Waals surface area contributed by atoms with Gasteiger partial charge in [0.05, 0.1) is 37.0 Å². The summed E-state index contributed by atoms with van der Waals surface area (Å²) in [5.41, 5.74) is 5.44. The quantitative estimate of drug-likeness (QED) is 0.328. The Kier molecular flexibility index (Phi) is 7.86. The first-order valence-corrected chi connectivity index (χ1v) is 17.6. The summed E-state index contributed by atoms with van der Waals surface area (Å²) in [6, 6.07) is 6.07. The van der Waals surface area contributed by atoms with E-state index in [9.17, 15) is 4.79 Å². The number of fused-ring (bicyclic) bond motifs is 2. The second kappa shape index (κ2) is 11.4. The number of anilines is 1. The van der Waals surface area contributed by atoms with E-state index in [0.717, 1.165) is 72.0 Å². The van der Waals surface area contributed by atoms with E-state index in [4.69, 9.17) is 19.6 Å². The number of imidazole rings is 1. The number of aryl methyl sites for hydroxylation is 1. The molecule has 2 aliphatic carbocycles. The molecule has 6 rings (SSSR count). The SMILES string of the molecule is COCc1nc(N2CC3CC3C2)ccc1Cc1cc(C(=O)N[C@@H]2CCc3c2ncn3C)nn1COCCS(C)(C)C. The van der Waals surface area contributed by atoms with E-state index >= 15 is 0 Å². The van der Waals surface area contributed by atoms with E-state index in [1.165, 1.54) is 12.1 Å². The average Bonchev–Trinajstić information content (AvgIpc) is 3.34. The number of nitrogens with zero attached hydrogens (tertiary/aromatic N) is 6. The van der Waals surface area contributed by atoms with Gasteiger partial charge >= 0.3 is 0 Å². The molecule has 0 radical (unpaired) electrons. The maximum absolute atomic E-state index is 13.4. The summed E-state index contributed by atoms with van der Waals surface area (Å²) in [5, 5.41) is 7.88.